The smallest absolute Gasteiger partial charge is 0.338 e. The SMILES string of the molecule is CC(=O)O[C@@]12CO[C@@H]1C[C@H](O)[C@@]1(C)C(=O)[C@H](O)C3=C(C)[C@@H](OC(=O)[C@H](O)[C@@H](C)c4ccccc4)C[C@](O)(C(OC(=O)c4ccccc4)[C@H]21)C3(C)C. The highest BCUT2D eigenvalue weighted by atomic mass is 16.6. The molecule has 3 aliphatic carbocycles. The Kier molecular flexibility index (Phi) is 9.34. The molecule has 4 aliphatic rings. The molecule has 0 spiro atoms. The number of Topliss-reactive ketones (excluding diaryl/α,β-unsaturated/α-hetero) is 1. The Labute approximate surface area is 296 Å². The van der Waals surface area contributed by atoms with Crippen molar-refractivity contribution < 1.29 is 58.6 Å². The van der Waals surface area contributed by atoms with Crippen molar-refractivity contribution in [3.8, 4) is 0 Å². The van der Waals surface area contributed by atoms with Gasteiger partial charge in [0.2, 0.25) is 0 Å². The van der Waals surface area contributed by atoms with Crippen molar-refractivity contribution in [2.45, 2.75) is 108 Å². The van der Waals surface area contributed by atoms with Gasteiger partial charge in [0, 0.05) is 31.1 Å². The van der Waals surface area contributed by atoms with Crippen molar-refractivity contribution in [2.24, 2.45) is 16.7 Å². The number of ether oxygens (including phenoxy) is 4. The standard InChI is InChI=1S/C39H46O12/c1-20(23-13-9-7-10-14-23)29(42)35(46)49-25-18-39(47)33(50-34(45)24-15-11-8-12-16-24)31-37(6,32(44)30(43)28(21(25)2)36(39,4)5)26(41)17-27-38(31,19-48-27)51-22(3)40/h7-16,20,25-27,29-31,33,41-43,47H,17-19H2,1-6H3/t20-,25-,26-,27+,29+,30+,31-,33?,37+,38-,39-/m0/s1. The Morgan fingerprint density at radius 3 is 2.14 bits per heavy atom. The second-order valence-corrected chi connectivity index (χ2v) is 15.2. The van der Waals surface area contributed by atoms with E-state index in [0.717, 1.165) is 0 Å². The predicted octanol–water partition coefficient (Wildman–Crippen LogP) is 2.80. The summed E-state index contributed by atoms with van der Waals surface area (Å²) in [7, 11) is 0. The molecule has 0 aromatic heterocycles. The Hall–Kier alpha value is -3.94. The van der Waals surface area contributed by atoms with E-state index in [9.17, 15) is 39.6 Å². The third-order valence-electron chi connectivity index (χ3n) is 12.2. The molecule has 12 nitrogen and oxygen atoms in total. The Morgan fingerprint density at radius 2 is 1.57 bits per heavy atom. The maximum Gasteiger partial charge on any atom is 0.338 e. The van der Waals surface area contributed by atoms with Crippen LogP contribution in [0, 0.1) is 16.7 Å². The van der Waals surface area contributed by atoms with Crippen LogP contribution in [0.5, 0.6) is 0 Å². The Morgan fingerprint density at radius 1 is 0.961 bits per heavy atom. The fourth-order valence-corrected chi connectivity index (χ4v) is 9.13. The number of ketones is 1. The predicted molar refractivity (Wildman–Crippen MR) is 180 cm³/mol. The largest absolute Gasteiger partial charge is 0.456 e. The summed E-state index contributed by atoms with van der Waals surface area (Å²) in [6.07, 6.45) is -9.53. The lowest BCUT2D eigenvalue weighted by Gasteiger charge is -2.67. The van der Waals surface area contributed by atoms with Crippen LogP contribution in [0.4, 0.5) is 0 Å². The van der Waals surface area contributed by atoms with Gasteiger partial charge in [-0.3, -0.25) is 9.59 Å². The van der Waals surface area contributed by atoms with Gasteiger partial charge < -0.3 is 39.4 Å². The molecule has 51 heavy (non-hydrogen) atoms. The maximum atomic E-state index is 14.8. The van der Waals surface area contributed by atoms with E-state index in [1.165, 1.54) is 26.0 Å². The van der Waals surface area contributed by atoms with Gasteiger partial charge in [0.25, 0.3) is 0 Å². The third-order valence-corrected chi connectivity index (χ3v) is 12.2. The monoisotopic (exact) mass is 706 g/mol. The molecule has 4 N–H and O–H groups in total. The van der Waals surface area contributed by atoms with Crippen LogP contribution in [0.2, 0.25) is 0 Å². The number of benzene rings is 2. The summed E-state index contributed by atoms with van der Waals surface area (Å²) in [4.78, 5) is 55.1. The first-order chi connectivity index (χ1) is 23.9. The van der Waals surface area contributed by atoms with E-state index >= 15 is 0 Å². The molecule has 2 bridgehead atoms. The molecule has 2 aromatic rings. The van der Waals surface area contributed by atoms with Crippen LogP contribution in [-0.2, 0) is 33.3 Å². The Balaban J connectivity index is 1.53. The van der Waals surface area contributed by atoms with Gasteiger partial charge in [-0.05, 0) is 42.7 Å². The third kappa shape index (κ3) is 5.54. The van der Waals surface area contributed by atoms with Gasteiger partial charge in [0.05, 0.1) is 29.6 Å². The zero-order chi connectivity index (χ0) is 37.3. The lowest BCUT2D eigenvalue weighted by Crippen LogP contribution is -2.81. The number of hydrogen-bond donors (Lipinski definition) is 4. The highest BCUT2D eigenvalue weighted by Gasteiger charge is 2.78. The minimum Gasteiger partial charge on any atom is -0.456 e. The van der Waals surface area contributed by atoms with E-state index in [2.05, 4.69) is 0 Å². The second-order valence-electron chi connectivity index (χ2n) is 15.2. The quantitative estimate of drug-likeness (QED) is 0.188. The number of carbonyl (C=O) groups excluding carboxylic acids is 4. The lowest BCUT2D eigenvalue weighted by molar-refractivity contribution is -0.346. The van der Waals surface area contributed by atoms with Gasteiger partial charge in [0.1, 0.15) is 30.0 Å². The van der Waals surface area contributed by atoms with Gasteiger partial charge in [-0.2, -0.15) is 0 Å². The first-order valence-electron chi connectivity index (χ1n) is 17.3. The number of esters is 3. The van der Waals surface area contributed by atoms with Crippen LogP contribution in [-0.4, -0.2) is 98.6 Å². The molecule has 2 saturated carbocycles. The van der Waals surface area contributed by atoms with E-state index < -0.39 is 101 Å². The molecule has 3 fully saturated rings. The fourth-order valence-electron chi connectivity index (χ4n) is 9.13. The zero-order valence-electron chi connectivity index (χ0n) is 29.6. The summed E-state index contributed by atoms with van der Waals surface area (Å²) in [5.41, 5.74) is -6.32. The highest BCUT2D eigenvalue weighted by molar-refractivity contribution is 5.94. The first-order valence-corrected chi connectivity index (χ1v) is 17.3. The normalized spacial score (nSPS) is 36.5. The zero-order valence-corrected chi connectivity index (χ0v) is 29.6. The summed E-state index contributed by atoms with van der Waals surface area (Å²) in [5, 5.41) is 48.2. The minimum atomic E-state index is -2.24. The van der Waals surface area contributed by atoms with Crippen molar-refractivity contribution >= 4 is 23.7 Å². The second kappa shape index (κ2) is 12.9. The van der Waals surface area contributed by atoms with Crippen LogP contribution < -0.4 is 0 Å². The van der Waals surface area contributed by atoms with Crippen LogP contribution >= 0.6 is 0 Å². The number of rotatable bonds is 7. The number of hydrogen-bond acceptors (Lipinski definition) is 12. The molecule has 11 atom stereocenters. The fraction of sp³-hybridized carbons (Fsp3) is 0.538. The number of fused-ring (bicyclic) bond motifs is 5. The van der Waals surface area contributed by atoms with E-state index in [1.54, 1.807) is 76.2 Å². The number of aliphatic hydroxyl groups excluding tert-OH is 3. The molecular formula is C39H46O12. The summed E-state index contributed by atoms with van der Waals surface area (Å²) >= 11 is 0. The molecule has 0 amide bonds. The molecule has 1 unspecified atom stereocenters. The van der Waals surface area contributed by atoms with Crippen LogP contribution in [0.25, 0.3) is 0 Å². The molecule has 6 rings (SSSR count). The van der Waals surface area contributed by atoms with Crippen molar-refractivity contribution in [3.05, 3.63) is 82.9 Å². The summed E-state index contributed by atoms with van der Waals surface area (Å²) in [6.45, 7) is 8.76. The van der Waals surface area contributed by atoms with Crippen molar-refractivity contribution in [3.63, 3.8) is 0 Å². The average Bonchev–Trinajstić information content (AvgIpc) is 3.09. The summed E-state index contributed by atoms with van der Waals surface area (Å²) < 4.78 is 24.0. The molecule has 274 valence electrons. The topological polar surface area (TPSA) is 186 Å². The van der Waals surface area contributed by atoms with Gasteiger partial charge in [-0.25, -0.2) is 9.59 Å². The van der Waals surface area contributed by atoms with Gasteiger partial charge >= 0.3 is 17.9 Å². The van der Waals surface area contributed by atoms with E-state index in [0.29, 0.717) is 5.56 Å². The Bertz CT molecular complexity index is 1740. The molecule has 1 heterocycles. The molecule has 1 saturated heterocycles. The van der Waals surface area contributed by atoms with Gasteiger partial charge in [-0.1, -0.05) is 69.3 Å². The maximum absolute atomic E-state index is 14.8. The number of aliphatic hydroxyl groups is 4. The van der Waals surface area contributed by atoms with Crippen molar-refractivity contribution in [1.82, 2.24) is 0 Å². The molecule has 12 heteroatoms. The van der Waals surface area contributed by atoms with Gasteiger partial charge in [0.15, 0.2) is 17.5 Å². The van der Waals surface area contributed by atoms with E-state index in [-0.39, 0.29) is 29.7 Å². The number of carbonyl (C=O) groups is 4. The van der Waals surface area contributed by atoms with Crippen LogP contribution in [0.1, 0.15) is 76.2 Å². The van der Waals surface area contributed by atoms with E-state index in [4.69, 9.17) is 18.9 Å². The minimum absolute atomic E-state index is 0.0193. The van der Waals surface area contributed by atoms with Crippen LogP contribution in [0.3, 0.4) is 0 Å². The molecule has 1 aliphatic heterocycles. The molecular weight excluding hydrogens is 660 g/mol. The molecule has 2 aromatic carbocycles. The van der Waals surface area contributed by atoms with Crippen molar-refractivity contribution in [2.75, 3.05) is 6.61 Å². The average molecular weight is 707 g/mol. The van der Waals surface area contributed by atoms with Crippen molar-refractivity contribution in [1.29, 1.82) is 0 Å². The van der Waals surface area contributed by atoms with Gasteiger partial charge in [-0.15, -0.1) is 0 Å². The summed E-state index contributed by atoms with van der Waals surface area (Å²) in [5.74, 6) is -5.58. The highest BCUT2D eigenvalue weighted by Crippen LogP contribution is 2.64. The van der Waals surface area contributed by atoms with Crippen LogP contribution in [0.15, 0.2) is 71.8 Å². The van der Waals surface area contributed by atoms with E-state index in [1.807, 2.05) is 0 Å². The summed E-state index contributed by atoms with van der Waals surface area (Å²) in [6, 6.07) is 16.9. The first kappa shape index (κ1) is 36.8. The lowest BCUT2D eigenvalue weighted by atomic mass is 9.44. The molecule has 0 radical (unpaired) electrons.